The maximum Gasteiger partial charge on any atom is 0.405 e. The molecule has 1 saturated carbocycles. The molecular weight excluding hydrogens is 389 g/mol. The third-order valence-electron chi connectivity index (χ3n) is 4.81. The van der Waals surface area contributed by atoms with Gasteiger partial charge >= 0.3 is 12.2 Å². The van der Waals surface area contributed by atoms with Crippen molar-refractivity contribution < 1.29 is 22.8 Å². The van der Waals surface area contributed by atoms with Crippen LogP contribution in [0.5, 0.6) is 0 Å². The number of fused-ring (bicyclic) bond motifs is 1. The Morgan fingerprint density at radius 1 is 1.24 bits per heavy atom. The predicted octanol–water partition coefficient (Wildman–Crippen LogP) is 2.44. The summed E-state index contributed by atoms with van der Waals surface area (Å²) >= 11 is 0. The molecule has 2 aromatic heterocycles. The number of pyridine rings is 1. The third-order valence-corrected chi connectivity index (χ3v) is 4.81. The largest absolute Gasteiger partial charge is 0.405 e. The Morgan fingerprint density at radius 2 is 2.03 bits per heavy atom. The van der Waals surface area contributed by atoms with E-state index in [0.717, 1.165) is 24.1 Å². The standard InChI is InChI=1S/C18H19F3N6O2/c19-18(20,21)10-22-17(29)26-8-6-11(7-9-26)13-2-1-3-14-23-16(25-27(13)14)24-15(28)12-4-5-12/h1-3,6,12H,4-5,7-10H2,(H,22,29)(H,24,25,28). The summed E-state index contributed by atoms with van der Waals surface area (Å²) in [5.74, 6) is 0.190. The number of amides is 3. The van der Waals surface area contributed by atoms with Crippen LogP contribution in [0.2, 0.25) is 0 Å². The van der Waals surface area contributed by atoms with Crippen molar-refractivity contribution >= 4 is 29.1 Å². The van der Waals surface area contributed by atoms with Crippen molar-refractivity contribution in [3.05, 3.63) is 30.0 Å². The highest BCUT2D eigenvalue weighted by atomic mass is 19.4. The van der Waals surface area contributed by atoms with Gasteiger partial charge in [-0.1, -0.05) is 12.1 Å². The lowest BCUT2D eigenvalue weighted by Crippen LogP contribution is -2.45. The van der Waals surface area contributed by atoms with E-state index in [1.165, 1.54) is 4.90 Å². The fourth-order valence-electron chi connectivity index (χ4n) is 3.13. The lowest BCUT2D eigenvalue weighted by atomic mass is 10.0. The van der Waals surface area contributed by atoms with Crippen LogP contribution < -0.4 is 10.6 Å². The molecule has 0 unspecified atom stereocenters. The van der Waals surface area contributed by atoms with Gasteiger partial charge < -0.3 is 10.2 Å². The van der Waals surface area contributed by atoms with Gasteiger partial charge in [-0.15, -0.1) is 5.10 Å². The van der Waals surface area contributed by atoms with Crippen LogP contribution in [0.15, 0.2) is 24.3 Å². The van der Waals surface area contributed by atoms with Gasteiger partial charge in [-0.05, 0) is 37.0 Å². The predicted molar refractivity (Wildman–Crippen MR) is 98.0 cm³/mol. The van der Waals surface area contributed by atoms with Crippen LogP contribution >= 0.6 is 0 Å². The molecule has 1 fully saturated rings. The number of nitrogens with one attached hydrogen (secondary N) is 2. The van der Waals surface area contributed by atoms with E-state index in [0.29, 0.717) is 12.1 Å². The Kier molecular flexibility index (Phi) is 4.89. The minimum absolute atomic E-state index is 0.0385. The van der Waals surface area contributed by atoms with Crippen molar-refractivity contribution in [2.45, 2.75) is 25.4 Å². The summed E-state index contributed by atoms with van der Waals surface area (Å²) in [7, 11) is 0. The fourth-order valence-corrected chi connectivity index (χ4v) is 3.13. The Labute approximate surface area is 163 Å². The van der Waals surface area contributed by atoms with Crippen molar-refractivity contribution in [1.29, 1.82) is 0 Å². The lowest BCUT2D eigenvalue weighted by Gasteiger charge is -2.27. The summed E-state index contributed by atoms with van der Waals surface area (Å²) in [6.07, 6.45) is -0.436. The van der Waals surface area contributed by atoms with Crippen molar-refractivity contribution in [1.82, 2.24) is 24.8 Å². The van der Waals surface area contributed by atoms with Crippen LogP contribution in [0.25, 0.3) is 11.2 Å². The molecule has 3 heterocycles. The van der Waals surface area contributed by atoms with E-state index in [2.05, 4.69) is 15.4 Å². The van der Waals surface area contributed by atoms with Crippen LogP contribution in [-0.2, 0) is 4.79 Å². The molecule has 0 atom stereocenters. The molecule has 0 saturated heterocycles. The Hall–Kier alpha value is -3.11. The van der Waals surface area contributed by atoms with Gasteiger partial charge in [0.1, 0.15) is 6.54 Å². The first kappa shape index (κ1) is 19.2. The van der Waals surface area contributed by atoms with E-state index in [1.54, 1.807) is 16.7 Å². The van der Waals surface area contributed by atoms with Crippen LogP contribution in [0, 0.1) is 5.92 Å². The number of rotatable bonds is 4. The van der Waals surface area contributed by atoms with Gasteiger partial charge in [0.15, 0.2) is 5.65 Å². The van der Waals surface area contributed by atoms with Gasteiger partial charge in [0.25, 0.3) is 0 Å². The number of nitrogens with zero attached hydrogens (tertiary/aromatic N) is 4. The van der Waals surface area contributed by atoms with Crippen molar-refractivity contribution in [3.8, 4) is 0 Å². The van der Waals surface area contributed by atoms with Crippen LogP contribution in [0.3, 0.4) is 0 Å². The minimum atomic E-state index is -4.44. The maximum absolute atomic E-state index is 12.3. The van der Waals surface area contributed by atoms with Crippen molar-refractivity contribution in [2.24, 2.45) is 5.92 Å². The number of carbonyl (C=O) groups is 2. The highest BCUT2D eigenvalue weighted by Gasteiger charge is 2.31. The molecule has 1 aliphatic carbocycles. The maximum atomic E-state index is 12.3. The van der Waals surface area contributed by atoms with Gasteiger partial charge in [0.2, 0.25) is 11.9 Å². The summed E-state index contributed by atoms with van der Waals surface area (Å²) in [5.41, 5.74) is 2.23. The lowest BCUT2D eigenvalue weighted by molar-refractivity contribution is -0.123. The highest BCUT2D eigenvalue weighted by molar-refractivity contribution is 5.92. The van der Waals surface area contributed by atoms with E-state index in [1.807, 2.05) is 17.4 Å². The molecule has 8 nitrogen and oxygen atoms in total. The summed E-state index contributed by atoms with van der Waals surface area (Å²) in [6.45, 7) is -0.881. The average Bonchev–Trinajstić information content (AvgIpc) is 3.45. The molecule has 0 aromatic carbocycles. The Balaban J connectivity index is 1.47. The third kappa shape index (κ3) is 4.49. The molecule has 3 amide bonds. The monoisotopic (exact) mass is 408 g/mol. The normalized spacial score (nSPS) is 17.2. The van der Waals surface area contributed by atoms with Crippen molar-refractivity contribution in [2.75, 3.05) is 25.0 Å². The van der Waals surface area contributed by atoms with E-state index in [9.17, 15) is 22.8 Å². The first-order chi connectivity index (χ1) is 13.8. The average molecular weight is 408 g/mol. The second-order valence-corrected chi connectivity index (χ2v) is 7.08. The summed E-state index contributed by atoms with van der Waals surface area (Å²) in [5, 5.41) is 8.96. The number of urea groups is 1. The second-order valence-electron chi connectivity index (χ2n) is 7.08. The number of halogens is 3. The number of hydrogen-bond donors (Lipinski definition) is 2. The van der Waals surface area contributed by atoms with Crippen LogP contribution in [0.4, 0.5) is 23.9 Å². The molecule has 1 aliphatic heterocycles. The van der Waals surface area contributed by atoms with Gasteiger partial charge in [-0.2, -0.15) is 18.2 Å². The summed E-state index contributed by atoms with van der Waals surface area (Å²) < 4.78 is 38.4. The number of alkyl halides is 3. The number of anilines is 1. The Morgan fingerprint density at radius 3 is 2.69 bits per heavy atom. The van der Waals surface area contributed by atoms with E-state index in [4.69, 9.17) is 0 Å². The van der Waals surface area contributed by atoms with Crippen LogP contribution in [0.1, 0.15) is 25.0 Å². The quantitative estimate of drug-likeness (QED) is 0.813. The Bertz CT molecular complexity index is 980. The molecule has 2 N–H and O–H groups in total. The van der Waals surface area contributed by atoms with Gasteiger partial charge in [-0.25, -0.2) is 9.31 Å². The van der Waals surface area contributed by atoms with E-state index >= 15 is 0 Å². The number of carbonyl (C=O) groups excluding carboxylic acids is 2. The zero-order chi connectivity index (χ0) is 20.6. The summed E-state index contributed by atoms with van der Waals surface area (Å²) in [4.78, 5) is 29.4. The highest BCUT2D eigenvalue weighted by Crippen LogP contribution is 2.30. The molecule has 2 aromatic rings. The number of hydrogen-bond acceptors (Lipinski definition) is 4. The topological polar surface area (TPSA) is 91.6 Å². The molecule has 29 heavy (non-hydrogen) atoms. The molecule has 0 spiro atoms. The molecule has 2 aliphatic rings. The van der Waals surface area contributed by atoms with Gasteiger partial charge in [0.05, 0.1) is 5.69 Å². The van der Waals surface area contributed by atoms with Gasteiger partial charge in [0, 0.05) is 19.0 Å². The van der Waals surface area contributed by atoms with Crippen molar-refractivity contribution in [3.63, 3.8) is 0 Å². The number of aromatic nitrogens is 3. The first-order valence-electron chi connectivity index (χ1n) is 9.26. The zero-order valence-electron chi connectivity index (χ0n) is 15.4. The first-order valence-corrected chi connectivity index (χ1v) is 9.26. The molecule has 0 bridgehead atoms. The summed E-state index contributed by atoms with van der Waals surface area (Å²) in [6, 6.07) is 4.68. The molecule has 154 valence electrons. The van der Waals surface area contributed by atoms with E-state index < -0.39 is 18.8 Å². The molecule has 11 heteroatoms. The fraction of sp³-hybridized carbons (Fsp3) is 0.444. The molecule has 4 rings (SSSR count). The van der Waals surface area contributed by atoms with Gasteiger partial charge in [-0.3, -0.25) is 10.1 Å². The zero-order valence-corrected chi connectivity index (χ0v) is 15.4. The van der Waals surface area contributed by atoms with Crippen LogP contribution in [-0.4, -0.2) is 57.2 Å². The second kappa shape index (κ2) is 7.37. The SMILES string of the molecule is O=C(Nc1nc2cccc(C3=CCN(C(=O)NCC(F)(F)F)CC3)n2n1)C1CC1. The molecular formula is C18H19F3N6O2. The minimum Gasteiger partial charge on any atom is -0.329 e. The smallest absolute Gasteiger partial charge is 0.329 e. The molecule has 0 radical (unpaired) electrons. The van der Waals surface area contributed by atoms with E-state index in [-0.39, 0.29) is 30.9 Å².